The summed E-state index contributed by atoms with van der Waals surface area (Å²) in [6, 6.07) is 16.7. The van der Waals surface area contributed by atoms with E-state index in [0.717, 1.165) is 49.3 Å². The summed E-state index contributed by atoms with van der Waals surface area (Å²) < 4.78 is 12.3. The number of rotatable bonds is 7. The first kappa shape index (κ1) is 21.3. The summed E-state index contributed by atoms with van der Waals surface area (Å²) >= 11 is 3.61. The summed E-state index contributed by atoms with van der Waals surface area (Å²) in [5, 5.41) is 0. The van der Waals surface area contributed by atoms with Gasteiger partial charge in [0.2, 0.25) is 0 Å². The van der Waals surface area contributed by atoms with Crippen molar-refractivity contribution in [3.8, 4) is 0 Å². The SMILES string of the molecule is Cc1ccc(C(CCN2CCOCC2)N2CC(Cc3ccccc3Br)OC2=O)cc1. The van der Waals surface area contributed by atoms with Crippen LogP contribution in [0.4, 0.5) is 4.79 Å². The molecule has 2 aliphatic rings. The molecule has 160 valence electrons. The van der Waals surface area contributed by atoms with Crippen LogP contribution in [0.15, 0.2) is 53.0 Å². The van der Waals surface area contributed by atoms with Crippen LogP contribution in [-0.4, -0.2) is 61.4 Å². The van der Waals surface area contributed by atoms with Crippen molar-refractivity contribution in [3.05, 3.63) is 69.7 Å². The first-order chi connectivity index (χ1) is 14.6. The summed E-state index contributed by atoms with van der Waals surface area (Å²) in [7, 11) is 0. The molecular weight excluding hydrogens is 444 g/mol. The van der Waals surface area contributed by atoms with E-state index in [2.05, 4.69) is 58.1 Å². The Balaban J connectivity index is 1.48. The molecule has 2 aliphatic heterocycles. The highest BCUT2D eigenvalue weighted by Crippen LogP contribution is 2.31. The molecular formula is C24H29BrN2O3. The number of ether oxygens (including phenoxy) is 2. The topological polar surface area (TPSA) is 42.0 Å². The minimum absolute atomic E-state index is 0.0187. The summed E-state index contributed by atoms with van der Waals surface area (Å²) in [4.78, 5) is 17.2. The van der Waals surface area contributed by atoms with E-state index in [0.29, 0.717) is 13.0 Å². The maximum atomic E-state index is 12.9. The molecule has 30 heavy (non-hydrogen) atoms. The molecule has 0 saturated carbocycles. The lowest BCUT2D eigenvalue weighted by molar-refractivity contribution is 0.0341. The van der Waals surface area contributed by atoms with E-state index < -0.39 is 0 Å². The Bertz CT molecular complexity index is 852. The van der Waals surface area contributed by atoms with Crippen molar-refractivity contribution in [1.29, 1.82) is 0 Å². The molecule has 2 unspecified atom stereocenters. The molecule has 0 aromatic heterocycles. The fourth-order valence-corrected chi connectivity index (χ4v) is 4.68. The number of amides is 1. The van der Waals surface area contributed by atoms with E-state index >= 15 is 0 Å². The molecule has 0 radical (unpaired) electrons. The number of hydrogen-bond acceptors (Lipinski definition) is 4. The molecule has 2 saturated heterocycles. The van der Waals surface area contributed by atoms with Gasteiger partial charge in [0.1, 0.15) is 6.10 Å². The van der Waals surface area contributed by atoms with Crippen molar-refractivity contribution in [1.82, 2.24) is 9.80 Å². The van der Waals surface area contributed by atoms with Crippen molar-refractivity contribution in [3.63, 3.8) is 0 Å². The summed E-state index contributed by atoms with van der Waals surface area (Å²) in [6.07, 6.45) is 1.26. The average molecular weight is 473 g/mol. The van der Waals surface area contributed by atoms with Gasteiger partial charge < -0.3 is 9.47 Å². The first-order valence-corrected chi connectivity index (χ1v) is 11.5. The van der Waals surface area contributed by atoms with Gasteiger partial charge in [-0.25, -0.2) is 4.79 Å². The highest BCUT2D eigenvalue weighted by molar-refractivity contribution is 9.10. The van der Waals surface area contributed by atoms with Gasteiger partial charge in [-0.05, 0) is 30.5 Å². The van der Waals surface area contributed by atoms with E-state index in [9.17, 15) is 4.79 Å². The van der Waals surface area contributed by atoms with E-state index in [1.807, 2.05) is 23.1 Å². The Kier molecular flexibility index (Phi) is 7.08. The second-order valence-corrected chi connectivity index (χ2v) is 8.98. The van der Waals surface area contributed by atoms with E-state index in [1.54, 1.807) is 0 Å². The van der Waals surface area contributed by atoms with Crippen LogP contribution in [0.25, 0.3) is 0 Å². The van der Waals surface area contributed by atoms with E-state index in [-0.39, 0.29) is 18.2 Å². The molecule has 0 N–H and O–H groups in total. The molecule has 0 bridgehead atoms. The monoisotopic (exact) mass is 472 g/mol. The number of morpholine rings is 1. The van der Waals surface area contributed by atoms with Crippen LogP contribution >= 0.6 is 15.9 Å². The van der Waals surface area contributed by atoms with Crippen molar-refractivity contribution in [2.24, 2.45) is 0 Å². The second kappa shape index (κ2) is 9.94. The number of cyclic esters (lactones) is 1. The highest BCUT2D eigenvalue weighted by atomic mass is 79.9. The van der Waals surface area contributed by atoms with Gasteiger partial charge in [-0.1, -0.05) is 64.0 Å². The van der Waals surface area contributed by atoms with Crippen molar-refractivity contribution in [2.45, 2.75) is 31.9 Å². The fraction of sp³-hybridized carbons (Fsp3) is 0.458. The molecule has 0 aliphatic carbocycles. The predicted molar refractivity (Wildman–Crippen MR) is 121 cm³/mol. The molecule has 6 heteroatoms. The number of halogens is 1. The molecule has 2 atom stereocenters. The Hall–Kier alpha value is -1.89. The third-order valence-corrected chi connectivity index (χ3v) is 6.74. The Morgan fingerprint density at radius 3 is 2.57 bits per heavy atom. The maximum absolute atomic E-state index is 12.9. The van der Waals surface area contributed by atoms with Gasteiger partial charge in [-0.15, -0.1) is 0 Å². The van der Waals surface area contributed by atoms with Crippen LogP contribution in [-0.2, 0) is 15.9 Å². The largest absolute Gasteiger partial charge is 0.444 e. The van der Waals surface area contributed by atoms with E-state index in [4.69, 9.17) is 9.47 Å². The van der Waals surface area contributed by atoms with Crippen LogP contribution in [0.3, 0.4) is 0 Å². The summed E-state index contributed by atoms with van der Waals surface area (Å²) in [5.41, 5.74) is 3.56. The molecule has 5 nitrogen and oxygen atoms in total. The molecule has 2 heterocycles. The number of carbonyl (C=O) groups excluding carboxylic acids is 1. The van der Waals surface area contributed by atoms with Crippen molar-refractivity contribution >= 4 is 22.0 Å². The van der Waals surface area contributed by atoms with Crippen LogP contribution in [0.1, 0.15) is 29.2 Å². The van der Waals surface area contributed by atoms with Crippen molar-refractivity contribution in [2.75, 3.05) is 39.4 Å². The lowest BCUT2D eigenvalue weighted by Gasteiger charge is -2.31. The number of nitrogens with zero attached hydrogens (tertiary/aromatic N) is 2. The second-order valence-electron chi connectivity index (χ2n) is 8.12. The number of benzene rings is 2. The maximum Gasteiger partial charge on any atom is 0.410 e. The smallest absolute Gasteiger partial charge is 0.410 e. The first-order valence-electron chi connectivity index (χ1n) is 10.7. The van der Waals surface area contributed by atoms with Crippen LogP contribution in [0.2, 0.25) is 0 Å². The van der Waals surface area contributed by atoms with Gasteiger partial charge in [0.05, 0.1) is 25.8 Å². The fourth-order valence-electron chi connectivity index (χ4n) is 4.23. The van der Waals surface area contributed by atoms with E-state index in [1.165, 1.54) is 11.1 Å². The van der Waals surface area contributed by atoms with Crippen LogP contribution in [0.5, 0.6) is 0 Å². The number of carbonyl (C=O) groups is 1. The Morgan fingerprint density at radius 2 is 1.83 bits per heavy atom. The molecule has 2 fully saturated rings. The molecule has 1 amide bonds. The lowest BCUT2D eigenvalue weighted by Crippen LogP contribution is -2.39. The Labute approximate surface area is 187 Å². The van der Waals surface area contributed by atoms with Gasteiger partial charge in [-0.3, -0.25) is 9.80 Å². The van der Waals surface area contributed by atoms with Gasteiger partial charge in [0.15, 0.2) is 0 Å². The third kappa shape index (κ3) is 5.23. The van der Waals surface area contributed by atoms with Gasteiger partial charge >= 0.3 is 6.09 Å². The molecule has 0 spiro atoms. The van der Waals surface area contributed by atoms with Gasteiger partial charge in [0.25, 0.3) is 0 Å². The lowest BCUT2D eigenvalue weighted by atomic mass is 10.00. The van der Waals surface area contributed by atoms with Crippen LogP contribution < -0.4 is 0 Å². The molecule has 4 rings (SSSR count). The molecule has 2 aromatic rings. The van der Waals surface area contributed by atoms with Crippen molar-refractivity contribution < 1.29 is 14.3 Å². The minimum atomic E-state index is -0.209. The minimum Gasteiger partial charge on any atom is -0.444 e. The van der Waals surface area contributed by atoms with Gasteiger partial charge in [0, 0.05) is 30.5 Å². The predicted octanol–water partition coefficient (Wildman–Crippen LogP) is 4.58. The molecule has 2 aromatic carbocycles. The normalized spacial score (nSPS) is 20.9. The zero-order chi connectivity index (χ0) is 20.9. The number of hydrogen-bond donors (Lipinski definition) is 0. The number of aryl methyl sites for hydroxylation is 1. The Morgan fingerprint density at radius 1 is 1.10 bits per heavy atom. The van der Waals surface area contributed by atoms with Crippen LogP contribution in [0, 0.1) is 6.92 Å². The summed E-state index contributed by atoms with van der Waals surface area (Å²) in [5.74, 6) is 0. The zero-order valence-corrected chi connectivity index (χ0v) is 19.0. The van der Waals surface area contributed by atoms with Gasteiger partial charge in [-0.2, -0.15) is 0 Å². The summed E-state index contributed by atoms with van der Waals surface area (Å²) in [6.45, 7) is 7.13. The standard InChI is InChI=1S/C24H29BrN2O3/c1-18-6-8-19(9-7-18)23(10-11-26-12-14-29-15-13-26)27-17-21(30-24(27)28)16-20-4-2-3-5-22(20)25/h2-9,21,23H,10-17H2,1H3. The zero-order valence-electron chi connectivity index (χ0n) is 17.4. The third-order valence-electron chi connectivity index (χ3n) is 5.97. The quantitative estimate of drug-likeness (QED) is 0.590. The highest BCUT2D eigenvalue weighted by Gasteiger charge is 2.37. The average Bonchev–Trinajstić information content (AvgIpc) is 3.12.